The average Bonchev–Trinajstić information content (AvgIpc) is 3.53. The minimum atomic E-state index is -2.70. The van der Waals surface area contributed by atoms with Crippen molar-refractivity contribution in [2.45, 2.75) is 32.9 Å². The van der Waals surface area contributed by atoms with Crippen molar-refractivity contribution in [3.8, 4) is 16.9 Å². The van der Waals surface area contributed by atoms with Gasteiger partial charge in [-0.1, -0.05) is 42.5 Å². The predicted molar refractivity (Wildman–Crippen MR) is 135 cm³/mol. The van der Waals surface area contributed by atoms with Crippen LogP contribution in [0.1, 0.15) is 36.2 Å². The molecule has 0 aliphatic rings. The predicted octanol–water partition coefficient (Wildman–Crippen LogP) is 6.01. The van der Waals surface area contributed by atoms with Crippen LogP contribution in [-0.2, 0) is 11.3 Å². The van der Waals surface area contributed by atoms with Crippen molar-refractivity contribution in [2.24, 2.45) is 0 Å². The van der Waals surface area contributed by atoms with Crippen LogP contribution >= 0.6 is 0 Å². The van der Waals surface area contributed by atoms with Crippen LogP contribution in [0.3, 0.4) is 0 Å². The van der Waals surface area contributed by atoms with E-state index in [0.717, 1.165) is 11.3 Å². The van der Waals surface area contributed by atoms with Crippen LogP contribution in [-0.4, -0.2) is 25.2 Å². The summed E-state index contributed by atoms with van der Waals surface area (Å²) in [5.41, 5.74) is 3.60. The second-order valence-corrected chi connectivity index (χ2v) is 8.68. The zero-order chi connectivity index (χ0) is 25.2. The molecule has 0 saturated carbocycles. The standard InChI is InChI=1S/C28H25F2N5O/c1-18(21-11-8-12-22(15-21)34-13-6-7-14-34)31-25(36)17-35-28-26(19(2)33-35)23(27(29)30)16-24(32-28)20-9-4-3-5-10-20/h3-16,18,27H,17H2,1-2H3,(H,31,36). The summed E-state index contributed by atoms with van der Waals surface area (Å²) >= 11 is 0. The Bertz CT molecular complexity index is 1510. The first kappa shape index (κ1) is 23.4. The fourth-order valence-electron chi connectivity index (χ4n) is 4.39. The molecule has 0 fully saturated rings. The maximum Gasteiger partial charge on any atom is 0.264 e. The monoisotopic (exact) mass is 485 g/mol. The topological polar surface area (TPSA) is 64.7 Å². The van der Waals surface area contributed by atoms with Crippen LogP contribution in [0.15, 0.2) is 85.2 Å². The summed E-state index contributed by atoms with van der Waals surface area (Å²) in [7, 11) is 0. The van der Waals surface area contributed by atoms with Crippen LogP contribution in [0.25, 0.3) is 28.0 Å². The fraction of sp³-hybridized carbons (Fsp3) is 0.179. The first-order valence-electron chi connectivity index (χ1n) is 11.6. The summed E-state index contributed by atoms with van der Waals surface area (Å²) in [6.45, 7) is 3.42. The summed E-state index contributed by atoms with van der Waals surface area (Å²) in [5, 5.41) is 7.66. The molecular weight excluding hydrogens is 460 g/mol. The van der Waals surface area contributed by atoms with E-state index in [1.54, 1.807) is 6.92 Å². The highest BCUT2D eigenvalue weighted by molar-refractivity contribution is 5.87. The number of aryl methyl sites for hydroxylation is 1. The van der Waals surface area contributed by atoms with Gasteiger partial charge in [-0.05, 0) is 49.7 Å². The van der Waals surface area contributed by atoms with E-state index in [0.29, 0.717) is 17.0 Å². The molecule has 8 heteroatoms. The highest BCUT2D eigenvalue weighted by atomic mass is 19.3. The summed E-state index contributed by atoms with van der Waals surface area (Å²) in [4.78, 5) is 17.6. The first-order valence-corrected chi connectivity index (χ1v) is 11.6. The molecular formula is C28H25F2N5O. The molecule has 6 nitrogen and oxygen atoms in total. The fourth-order valence-corrected chi connectivity index (χ4v) is 4.39. The first-order chi connectivity index (χ1) is 17.4. The molecule has 36 heavy (non-hydrogen) atoms. The molecule has 0 spiro atoms. The summed E-state index contributed by atoms with van der Waals surface area (Å²) in [5.74, 6) is -0.288. The number of aromatic nitrogens is 4. The van der Waals surface area contributed by atoms with E-state index < -0.39 is 6.43 Å². The van der Waals surface area contributed by atoms with Gasteiger partial charge in [0.05, 0.1) is 22.8 Å². The largest absolute Gasteiger partial charge is 0.348 e. The van der Waals surface area contributed by atoms with Crippen molar-refractivity contribution >= 4 is 16.9 Å². The number of rotatable bonds is 7. The zero-order valence-electron chi connectivity index (χ0n) is 19.9. The number of alkyl halides is 2. The van der Waals surface area contributed by atoms with Gasteiger partial charge in [0.15, 0.2) is 5.65 Å². The quantitative estimate of drug-likeness (QED) is 0.307. The number of carbonyl (C=O) groups excluding carboxylic acids is 1. The van der Waals surface area contributed by atoms with E-state index in [9.17, 15) is 13.6 Å². The van der Waals surface area contributed by atoms with Crippen LogP contribution in [0.5, 0.6) is 0 Å². The molecule has 1 amide bonds. The summed E-state index contributed by atoms with van der Waals surface area (Å²) in [6, 6.07) is 22.1. The van der Waals surface area contributed by atoms with Gasteiger partial charge in [0.25, 0.3) is 6.43 Å². The maximum absolute atomic E-state index is 14.0. The third-order valence-electron chi connectivity index (χ3n) is 6.16. The Kier molecular flexibility index (Phi) is 6.33. The molecule has 0 bridgehead atoms. The van der Waals surface area contributed by atoms with Crippen molar-refractivity contribution in [2.75, 3.05) is 0 Å². The van der Waals surface area contributed by atoms with Gasteiger partial charge in [0, 0.05) is 29.2 Å². The molecule has 3 heterocycles. The van der Waals surface area contributed by atoms with Gasteiger partial charge in [0.2, 0.25) is 5.91 Å². The lowest BCUT2D eigenvalue weighted by Crippen LogP contribution is -2.30. The van der Waals surface area contributed by atoms with E-state index in [-0.39, 0.29) is 35.1 Å². The molecule has 5 aromatic rings. The van der Waals surface area contributed by atoms with Crippen molar-refractivity contribution in [1.82, 2.24) is 24.6 Å². The van der Waals surface area contributed by atoms with E-state index >= 15 is 0 Å². The van der Waals surface area contributed by atoms with Gasteiger partial charge in [-0.3, -0.25) is 4.79 Å². The Labute approximate surface area is 207 Å². The van der Waals surface area contributed by atoms with Crippen molar-refractivity contribution in [3.05, 3.63) is 102 Å². The summed E-state index contributed by atoms with van der Waals surface area (Å²) < 4.78 is 31.4. The molecule has 1 N–H and O–H groups in total. The molecule has 0 aliphatic heterocycles. The van der Waals surface area contributed by atoms with E-state index in [2.05, 4.69) is 15.4 Å². The van der Waals surface area contributed by atoms with Gasteiger partial charge in [-0.2, -0.15) is 5.10 Å². The minimum Gasteiger partial charge on any atom is -0.348 e. The second-order valence-electron chi connectivity index (χ2n) is 8.68. The number of hydrogen-bond acceptors (Lipinski definition) is 3. The van der Waals surface area contributed by atoms with Gasteiger partial charge >= 0.3 is 0 Å². The Balaban J connectivity index is 1.42. The number of amides is 1. The van der Waals surface area contributed by atoms with Gasteiger partial charge < -0.3 is 9.88 Å². The molecule has 0 radical (unpaired) electrons. The Morgan fingerprint density at radius 3 is 2.47 bits per heavy atom. The molecule has 182 valence electrons. The summed E-state index contributed by atoms with van der Waals surface area (Å²) in [6.07, 6.45) is 1.21. The van der Waals surface area contributed by atoms with E-state index in [1.807, 2.05) is 90.6 Å². The lowest BCUT2D eigenvalue weighted by atomic mass is 10.1. The number of nitrogens with zero attached hydrogens (tertiary/aromatic N) is 4. The van der Waals surface area contributed by atoms with E-state index in [1.165, 1.54) is 10.7 Å². The molecule has 0 aliphatic carbocycles. The molecule has 1 unspecified atom stereocenters. The van der Waals surface area contributed by atoms with Crippen LogP contribution < -0.4 is 5.32 Å². The number of carbonyl (C=O) groups is 1. The van der Waals surface area contributed by atoms with Gasteiger partial charge in [0.1, 0.15) is 6.54 Å². The third kappa shape index (κ3) is 4.62. The molecule has 0 saturated heterocycles. The van der Waals surface area contributed by atoms with Gasteiger partial charge in [-0.25, -0.2) is 18.4 Å². The molecule has 5 rings (SSSR count). The molecule has 1 atom stereocenters. The number of halogens is 2. The van der Waals surface area contributed by atoms with Crippen molar-refractivity contribution in [1.29, 1.82) is 0 Å². The van der Waals surface area contributed by atoms with E-state index in [4.69, 9.17) is 0 Å². The van der Waals surface area contributed by atoms with Crippen LogP contribution in [0, 0.1) is 6.92 Å². The van der Waals surface area contributed by atoms with Gasteiger partial charge in [-0.15, -0.1) is 0 Å². The SMILES string of the molecule is Cc1nn(CC(=O)NC(C)c2cccc(-n3cccc3)c2)c2nc(-c3ccccc3)cc(C(F)F)c12. The number of pyridine rings is 1. The lowest BCUT2D eigenvalue weighted by molar-refractivity contribution is -0.122. The van der Waals surface area contributed by atoms with Crippen molar-refractivity contribution in [3.63, 3.8) is 0 Å². The Hall–Kier alpha value is -4.33. The normalized spacial score (nSPS) is 12.2. The second kappa shape index (κ2) is 9.73. The van der Waals surface area contributed by atoms with Crippen LogP contribution in [0.4, 0.5) is 8.78 Å². The number of benzene rings is 2. The number of hydrogen-bond donors (Lipinski definition) is 1. The average molecular weight is 486 g/mol. The third-order valence-corrected chi connectivity index (χ3v) is 6.16. The smallest absolute Gasteiger partial charge is 0.264 e. The molecule has 3 aromatic heterocycles. The number of fused-ring (bicyclic) bond motifs is 1. The molecule has 2 aromatic carbocycles. The number of nitrogens with one attached hydrogen (secondary N) is 1. The van der Waals surface area contributed by atoms with Crippen LogP contribution in [0.2, 0.25) is 0 Å². The zero-order valence-corrected chi connectivity index (χ0v) is 19.9. The Morgan fingerprint density at radius 2 is 1.75 bits per heavy atom. The van der Waals surface area contributed by atoms with Crippen molar-refractivity contribution < 1.29 is 13.6 Å². The Morgan fingerprint density at radius 1 is 1.00 bits per heavy atom. The lowest BCUT2D eigenvalue weighted by Gasteiger charge is -2.16. The maximum atomic E-state index is 14.0. The minimum absolute atomic E-state index is 0.139. The highest BCUT2D eigenvalue weighted by Gasteiger charge is 2.22. The highest BCUT2D eigenvalue weighted by Crippen LogP contribution is 2.33.